The van der Waals surface area contributed by atoms with E-state index in [4.69, 9.17) is 23.2 Å². The molecule has 0 bridgehead atoms. The molecule has 2 aromatic rings. The Hall–Kier alpha value is -2.05. The van der Waals surface area contributed by atoms with Gasteiger partial charge in [0.15, 0.2) is 9.84 Å². The maximum Gasteiger partial charge on any atom is 0.573 e. The third kappa shape index (κ3) is 7.97. The number of benzene rings is 2. The fourth-order valence-electron chi connectivity index (χ4n) is 4.19. The molecule has 2 N–H and O–H groups in total. The number of piperidine rings is 1. The number of carbonyl (C=O) groups is 1. The van der Waals surface area contributed by atoms with Crippen LogP contribution in [0.25, 0.3) is 0 Å². The molecular formula is C24H28Cl2F3N3O4S. The fraction of sp³-hybridized carbons (Fsp3) is 0.458. The van der Waals surface area contributed by atoms with Gasteiger partial charge < -0.3 is 15.4 Å². The van der Waals surface area contributed by atoms with Crippen LogP contribution in [0.2, 0.25) is 10.0 Å². The van der Waals surface area contributed by atoms with Crippen LogP contribution in [0.5, 0.6) is 5.75 Å². The molecule has 1 aliphatic rings. The van der Waals surface area contributed by atoms with Gasteiger partial charge in [-0.05, 0) is 62.3 Å². The molecule has 204 valence electrons. The molecule has 1 aliphatic heterocycles. The summed E-state index contributed by atoms with van der Waals surface area (Å²) in [5, 5.41) is 5.93. The topological polar surface area (TPSA) is 87.7 Å². The number of likely N-dealkylation sites (N-methyl/N-ethyl adjacent to an activating group) is 1. The van der Waals surface area contributed by atoms with Gasteiger partial charge in [-0.15, -0.1) is 13.2 Å². The van der Waals surface area contributed by atoms with E-state index in [1.165, 1.54) is 31.2 Å². The second kappa shape index (κ2) is 12.2. The molecule has 1 heterocycles. The Morgan fingerprint density at radius 1 is 1.22 bits per heavy atom. The zero-order chi connectivity index (χ0) is 27.4. The zero-order valence-electron chi connectivity index (χ0n) is 20.3. The van der Waals surface area contributed by atoms with Crippen LogP contribution < -0.4 is 15.4 Å². The number of likely N-dealkylation sites (tertiary alicyclic amines) is 1. The van der Waals surface area contributed by atoms with Crippen molar-refractivity contribution in [3.63, 3.8) is 0 Å². The minimum atomic E-state index is -4.99. The highest BCUT2D eigenvalue weighted by molar-refractivity contribution is 7.91. The first kappa shape index (κ1) is 29.5. The van der Waals surface area contributed by atoms with Crippen molar-refractivity contribution in [2.75, 3.05) is 25.9 Å². The van der Waals surface area contributed by atoms with Crippen molar-refractivity contribution >= 4 is 38.9 Å². The van der Waals surface area contributed by atoms with Crippen molar-refractivity contribution in [1.82, 2.24) is 15.5 Å². The van der Waals surface area contributed by atoms with Gasteiger partial charge >= 0.3 is 6.36 Å². The van der Waals surface area contributed by atoms with E-state index in [1.807, 2.05) is 11.9 Å². The number of hydrogen-bond donors (Lipinski definition) is 2. The van der Waals surface area contributed by atoms with Crippen LogP contribution in [0.3, 0.4) is 0 Å². The van der Waals surface area contributed by atoms with Gasteiger partial charge in [0.05, 0.1) is 10.6 Å². The van der Waals surface area contributed by atoms with Crippen molar-refractivity contribution in [3.8, 4) is 5.75 Å². The molecule has 1 atom stereocenters. The largest absolute Gasteiger partial charge is 0.573 e. The summed E-state index contributed by atoms with van der Waals surface area (Å²) in [6.07, 6.45) is -3.16. The summed E-state index contributed by atoms with van der Waals surface area (Å²) in [5.41, 5.74) is 0.210. The van der Waals surface area contributed by atoms with Gasteiger partial charge in [-0.2, -0.15) is 0 Å². The van der Waals surface area contributed by atoms with Crippen molar-refractivity contribution in [1.29, 1.82) is 0 Å². The number of alkyl halides is 3. The van der Waals surface area contributed by atoms with E-state index < -0.39 is 27.9 Å². The predicted octanol–water partition coefficient (Wildman–Crippen LogP) is 4.80. The lowest BCUT2D eigenvalue weighted by Gasteiger charge is -2.33. The first-order valence-electron chi connectivity index (χ1n) is 11.6. The minimum Gasteiger partial charge on any atom is -0.405 e. The number of nitrogens with one attached hydrogen (secondary N) is 2. The van der Waals surface area contributed by atoms with Crippen molar-refractivity contribution in [2.24, 2.45) is 0 Å². The average molecular weight is 582 g/mol. The first-order valence-corrected chi connectivity index (χ1v) is 14.0. The number of rotatable bonds is 9. The molecule has 0 saturated carbocycles. The van der Waals surface area contributed by atoms with E-state index in [2.05, 4.69) is 15.4 Å². The average Bonchev–Trinajstić information content (AvgIpc) is 2.83. The van der Waals surface area contributed by atoms with E-state index in [0.29, 0.717) is 13.1 Å². The third-order valence-electron chi connectivity index (χ3n) is 6.11. The SMILES string of the molecule is CCS(=O)(=O)c1ccc(Cl)cc1CNC(=O)c1cc(Cl)c(CN2CCC[C@@H](NC)C2)c(OC(F)(F)F)c1. The smallest absolute Gasteiger partial charge is 0.405 e. The summed E-state index contributed by atoms with van der Waals surface area (Å²) in [4.78, 5) is 14.9. The molecular weight excluding hydrogens is 554 g/mol. The summed E-state index contributed by atoms with van der Waals surface area (Å²) in [6, 6.07) is 6.66. The summed E-state index contributed by atoms with van der Waals surface area (Å²) in [6.45, 7) is 2.70. The summed E-state index contributed by atoms with van der Waals surface area (Å²) >= 11 is 12.4. The Morgan fingerprint density at radius 2 is 1.95 bits per heavy atom. The molecule has 0 spiro atoms. The van der Waals surface area contributed by atoms with Gasteiger partial charge in [0.2, 0.25) is 0 Å². The maximum absolute atomic E-state index is 13.2. The standard InChI is InChI=1S/C24H28Cl2F3N3O4S/c1-3-37(34,35)22-7-6-17(25)9-16(22)12-31-23(33)15-10-20(26)19(21(11-15)36-24(27,28)29)14-32-8-4-5-18(13-32)30-2/h6-7,9-11,18,30H,3-5,8,12-14H2,1-2H3,(H,31,33)/t18-/m1/s1. The molecule has 1 saturated heterocycles. The fourth-order valence-corrected chi connectivity index (χ4v) is 5.77. The third-order valence-corrected chi connectivity index (χ3v) is 8.52. The van der Waals surface area contributed by atoms with Gasteiger partial charge in [0.25, 0.3) is 5.91 Å². The number of carbonyl (C=O) groups excluding carboxylic acids is 1. The van der Waals surface area contributed by atoms with E-state index in [-0.39, 0.29) is 56.5 Å². The molecule has 7 nitrogen and oxygen atoms in total. The van der Waals surface area contributed by atoms with Gasteiger partial charge in [0, 0.05) is 46.8 Å². The Balaban J connectivity index is 1.87. The van der Waals surface area contributed by atoms with Gasteiger partial charge in [-0.3, -0.25) is 9.69 Å². The quantitative estimate of drug-likeness (QED) is 0.442. The Kier molecular flexibility index (Phi) is 9.73. The molecule has 0 aliphatic carbocycles. The predicted molar refractivity (Wildman–Crippen MR) is 136 cm³/mol. The molecule has 0 unspecified atom stereocenters. The first-order chi connectivity index (χ1) is 17.3. The van der Waals surface area contributed by atoms with Crippen LogP contribution in [0.1, 0.15) is 41.3 Å². The van der Waals surface area contributed by atoms with Crippen LogP contribution in [0.4, 0.5) is 13.2 Å². The summed E-state index contributed by atoms with van der Waals surface area (Å²) < 4.78 is 68.7. The van der Waals surface area contributed by atoms with Crippen LogP contribution in [0, 0.1) is 0 Å². The number of sulfone groups is 1. The van der Waals surface area contributed by atoms with Gasteiger partial charge in [0.1, 0.15) is 5.75 Å². The normalized spacial score (nSPS) is 17.0. The lowest BCUT2D eigenvalue weighted by Crippen LogP contribution is -2.44. The van der Waals surface area contributed by atoms with E-state index in [0.717, 1.165) is 18.9 Å². The van der Waals surface area contributed by atoms with Crippen molar-refractivity contribution in [2.45, 2.75) is 50.2 Å². The van der Waals surface area contributed by atoms with Crippen LogP contribution in [-0.4, -0.2) is 57.5 Å². The van der Waals surface area contributed by atoms with Crippen molar-refractivity contribution < 1.29 is 31.1 Å². The molecule has 13 heteroatoms. The number of hydrogen-bond acceptors (Lipinski definition) is 6. The maximum atomic E-state index is 13.2. The Labute approximate surface area is 224 Å². The van der Waals surface area contributed by atoms with Gasteiger partial charge in [-0.25, -0.2) is 8.42 Å². The molecule has 3 rings (SSSR count). The molecule has 1 amide bonds. The molecule has 1 fully saturated rings. The second-order valence-corrected chi connectivity index (χ2v) is 11.8. The number of amides is 1. The van der Waals surface area contributed by atoms with Crippen LogP contribution >= 0.6 is 23.2 Å². The van der Waals surface area contributed by atoms with Crippen LogP contribution in [0.15, 0.2) is 35.2 Å². The monoisotopic (exact) mass is 581 g/mol. The second-order valence-electron chi connectivity index (χ2n) is 8.68. The zero-order valence-corrected chi connectivity index (χ0v) is 22.6. The van der Waals surface area contributed by atoms with Gasteiger partial charge in [-0.1, -0.05) is 30.1 Å². The summed E-state index contributed by atoms with van der Waals surface area (Å²) in [5.74, 6) is -1.47. The lowest BCUT2D eigenvalue weighted by atomic mass is 10.0. The highest BCUT2D eigenvalue weighted by Crippen LogP contribution is 2.34. The highest BCUT2D eigenvalue weighted by atomic mass is 35.5. The molecule has 0 aromatic heterocycles. The molecule has 2 aromatic carbocycles. The van der Waals surface area contributed by atoms with Crippen molar-refractivity contribution in [3.05, 3.63) is 57.1 Å². The summed E-state index contributed by atoms with van der Waals surface area (Å²) in [7, 11) is -1.77. The van der Waals surface area contributed by atoms with Crippen LogP contribution in [-0.2, 0) is 22.9 Å². The van der Waals surface area contributed by atoms with E-state index in [9.17, 15) is 26.4 Å². The lowest BCUT2D eigenvalue weighted by molar-refractivity contribution is -0.275. The Morgan fingerprint density at radius 3 is 2.59 bits per heavy atom. The molecule has 37 heavy (non-hydrogen) atoms. The van der Waals surface area contributed by atoms with E-state index >= 15 is 0 Å². The number of ether oxygens (including phenoxy) is 1. The van der Waals surface area contributed by atoms with E-state index in [1.54, 1.807) is 0 Å². The number of halogens is 5. The Bertz CT molecular complexity index is 1240. The highest BCUT2D eigenvalue weighted by Gasteiger charge is 2.34. The molecule has 0 radical (unpaired) electrons. The minimum absolute atomic E-state index is 0.00980. The number of nitrogens with zero attached hydrogens (tertiary/aromatic N) is 1.